The van der Waals surface area contributed by atoms with Crippen molar-refractivity contribution in [3.8, 4) is 0 Å². The van der Waals surface area contributed by atoms with E-state index in [0.717, 1.165) is 9.80 Å². The molecule has 0 amide bonds. The number of ether oxygens (including phenoxy) is 2. The number of halogens is 1. The summed E-state index contributed by atoms with van der Waals surface area (Å²) in [6, 6.07) is 10.0. The van der Waals surface area contributed by atoms with Gasteiger partial charge in [0.25, 0.3) is 0 Å². The van der Waals surface area contributed by atoms with Crippen molar-refractivity contribution in [3.63, 3.8) is 0 Å². The van der Waals surface area contributed by atoms with Crippen LogP contribution < -0.4 is 0 Å². The molecule has 0 aliphatic rings. The van der Waals surface area contributed by atoms with Crippen LogP contribution in [0.1, 0.15) is 13.8 Å². The quantitative estimate of drug-likeness (QED) is 0.408. The lowest BCUT2D eigenvalue weighted by Gasteiger charge is -2.11. The van der Waals surface area contributed by atoms with Gasteiger partial charge in [-0.3, -0.25) is 0 Å². The highest BCUT2D eigenvalue weighted by molar-refractivity contribution is 8.03. The molecule has 0 aliphatic heterocycles. The summed E-state index contributed by atoms with van der Waals surface area (Å²) in [6.07, 6.45) is 1.68. The van der Waals surface area contributed by atoms with Gasteiger partial charge in [-0.25, -0.2) is 0 Å². The molecule has 0 saturated heterocycles. The summed E-state index contributed by atoms with van der Waals surface area (Å²) in [5.41, 5.74) is 1.43. The first-order valence-electron chi connectivity index (χ1n) is 5.80. The maximum Gasteiger partial charge on any atom is 0.147 e. The number of thioether (sulfide) groups is 1. The standard InChI is InChI=1S/C14H17ClO2S/c1-3-16-11-14(13(10-15)17-4-2)18-12-8-6-5-7-9-12/h5-11H,3-4H2,1-2H3/b13-10+,14-11+. The first kappa shape index (κ1) is 15.0. The second-order valence-corrected chi connectivity index (χ2v) is 4.59. The van der Waals surface area contributed by atoms with Crippen molar-refractivity contribution in [1.82, 2.24) is 0 Å². The largest absolute Gasteiger partial charge is 0.500 e. The molecule has 0 fully saturated rings. The minimum absolute atomic E-state index is 0.567. The second kappa shape index (κ2) is 8.95. The first-order valence-corrected chi connectivity index (χ1v) is 7.05. The second-order valence-electron chi connectivity index (χ2n) is 3.26. The summed E-state index contributed by atoms with van der Waals surface area (Å²) in [5.74, 6) is 0.626. The zero-order valence-electron chi connectivity index (χ0n) is 10.6. The Morgan fingerprint density at radius 2 is 1.94 bits per heavy atom. The van der Waals surface area contributed by atoms with Crippen LogP contribution in [0.3, 0.4) is 0 Å². The van der Waals surface area contributed by atoms with Crippen LogP contribution in [0, 0.1) is 0 Å². The normalized spacial score (nSPS) is 12.4. The van der Waals surface area contributed by atoms with E-state index in [4.69, 9.17) is 21.1 Å². The molecule has 98 valence electrons. The summed E-state index contributed by atoms with van der Waals surface area (Å²) in [6.45, 7) is 5.04. The third-order valence-corrected chi connectivity index (χ3v) is 3.19. The molecule has 0 atom stereocenters. The summed E-state index contributed by atoms with van der Waals surface area (Å²) in [4.78, 5) is 1.97. The van der Waals surface area contributed by atoms with E-state index < -0.39 is 0 Å². The fourth-order valence-electron chi connectivity index (χ4n) is 1.22. The lowest BCUT2D eigenvalue weighted by molar-refractivity contribution is 0.233. The van der Waals surface area contributed by atoms with Crippen LogP contribution in [-0.4, -0.2) is 13.2 Å². The van der Waals surface area contributed by atoms with Crippen molar-refractivity contribution in [2.75, 3.05) is 13.2 Å². The Hall–Kier alpha value is -1.06. The predicted molar refractivity (Wildman–Crippen MR) is 77.6 cm³/mol. The molecule has 0 N–H and O–H groups in total. The van der Waals surface area contributed by atoms with E-state index in [-0.39, 0.29) is 0 Å². The van der Waals surface area contributed by atoms with Gasteiger partial charge in [0, 0.05) is 10.4 Å². The molecule has 0 aliphatic carbocycles. The van der Waals surface area contributed by atoms with E-state index >= 15 is 0 Å². The molecule has 4 heteroatoms. The van der Waals surface area contributed by atoms with Crippen molar-refractivity contribution < 1.29 is 9.47 Å². The maximum atomic E-state index is 5.79. The average molecular weight is 285 g/mol. The molecule has 0 heterocycles. The fraction of sp³-hybridized carbons (Fsp3) is 0.286. The van der Waals surface area contributed by atoms with Gasteiger partial charge in [0.05, 0.1) is 18.1 Å². The minimum Gasteiger partial charge on any atom is -0.500 e. The van der Waals surface area contributed by atoms with E-state index in [1.807, 2.05) is 44.2 Å². The van der Waals surface area contributed by atoms with Crippen molar-refractivity contribution in [2.24, 2.45) is 0 Å². The Kier molecular flexibility index (Phi) is 7.46. The summed E-state index contributed by atoms with van der Waals surface area (Å²) >= 11 is 7.35. The van der Waals surface area contributed by atoms with Crippen molar-refractivity contribution >= 4 is 23.4 Å². The molecule has 1 aromatic rings. The van der Waals surface area contributed by atoms with Gasteiger partial charge in [0.2, 0.25) is 0 Å². The van der Waals surface area contributed by atoms with Crippen LogP contribution in [0.15, 0.2) is 57.7 Å². The van der Waals surface area contributed by atoms with Crippen LogP contribution >= 0.6 is 23.4 Å². The number of benzene rings is 1. The van der Waals surface area contributed by atoms with Crippen LogP contribution in [-0.2, 0) is 9.47 Å². The van der Waals surface area contributed by atoms with Gasteiger partial charge in [0.15, 0.2) is 0 Å². The maximum absolute atomic E-state index is 5.79. The van der Waals surface area contributed by atoms with Gasteiger partial charge in [-0.15, -0.1) is 0 Å². The van der Waals surface area contributed by atoms with Gasteiger partial charge in [-0.1, -0.05) is 41.6 Å². The van der Waals surface area contributed by atoms with Crippen molar-refractivity contribution in [3.05, 3.63) is 52.8 Å². The third-order valence-electron chi connectivity index (χ3n) is 1.97. The van der Waals surface area contributed by atoms with Gasteiger partial charge in [-0.05, 0) is 26.0 Å². The van der Waals surface area contributed by atoms with E-state index in [9.17, 15) is 0 Å². The first-order chi connectivity index (χ1) is 8.81. The summed E-state index contributed by atoms with van der Waals surface area (Å²) in [7, 11) is 0. The highest BCUT2D eigenvalue weighted by atomic mass is 35.5. The zero-order chi connectivity index (χ0) is 13.2. The van der Waals surface area contributed by atoms with Crippen molar-refractivity contribution in [2.45, 2.75) is 18.7 Å². The minimum atomic E-state index is 0.567. The number of rotatable bonds is 7. The third kappa shape index (κ3) is 5.07. The van der Waals surface area contributed by atoms with Crippen molar-refractivity contribution in [1.29, 1.82) is 0 Å². The average Bonchev–Trinajstić information content (AvgIpc) is 2.42. The molecule has 0 aromatic heterocycles. The van der Waals surface area contributed by atoms with Gasteiger partial charge >= 0.3 is 0 Å². The molecule has 0 radical (unpaired) electrons. The molecule has 0 saturated carbocycles. The molecular formula is C14H17ClO2S. The Balaban J connectivity index is 2.85. The Labute approximate surface area is 118 Å². The van der Waals surface area contributed by atoms with Gasteiger partial charge < -0.3 is 9.47 Å². The van der Waals surface area contributed by atoms with Crippen LogP contribution in [0.25, 0.3) is 0 Å². The summed E-state index contributed by atoms with van der Waals surface area (Å²) < 4.78 is 10.8. The highest BCUT2D eigenvalue weighted by Crippen LogP contribution is 2.32. The van der Waals surface area contributed by atoms with Crippen LogP contribution in [0.2, 0.25) is 0 Å². The summed E-state index contributed by atoms with van der Waals surface area (Å²) in [5, 5.41) is 0. The van der Waals surface area contributed by atoms with E-state index in [0.29, 0.717) is 19.0 Å². The van der Waals surface area contributed by atoms with E-state index in [1.54, 1.807) is 18.0 Å². The highest BCUT2D eigenvalue weighted by Gasteiger charge is 2.09. The SMILES string of the molecule is CCO/C=C(Sc1ccccc1)\C(=C/Cl)OCC. The van der Waals surface area contributed by atoms with E-state index in [2.05, 4.69) is 0 Å². The molecule has 0 unspecified atom stereocenters. The molecular weight excluding hydrogens is 268 g/mol. The molecule has 2 nitrogen and oxygen atoms in total. The lowest BCUT2D eigenvalue weighted by Crippen LogP contribution is -1.94. The predicted octanol–water partition coefficient (Wildman–Crippen LogP) is 4.77. The Morgan fingerprint density at radius 1 is 1.22 bits per heavy atom. The molecule has 1 aromatic carbocycles. The van der Waals surface area contributed by atoms with Gasteiger partial charge in [-0.2, -0.15) is 0 Å². The number of hydrogen-bond donors (Lipinski definition) is 0. The topological polar surface area (TPSA) is 18.5 Å². The zero-order valence-corrected chi connectivity index (χ0v) is 12.1. The smallest absolute Gasteiger partial charge is 0.147 e. The van der Waals surface area contributed by atoms with Crippen LogP contribution in [0.4, 0.5) is 0 Å². The molecule has 1 rings (SSSR count). The molecule has 0 bridgehead atoms. The molecule has 18 heavy (non-hydrogen) atoms. The Morgan fingerprint density at radius 3 is 2.50 bits per heavy atom. The monoisotopic (exact) mass is 284 g/mol. The number of hydrogen-bond acceptors (Lipinski definition) is 3. The Bertz CT molecular complexity index is 402. The molecule has 0 spiro atoms. The van der Waals surface area contributed by atoms with E-state index in [1.165, 1.54) is 5.54 Å². The lowest BCUT2D eigenvalue weighted by atomic mass is 10.4. The fourth-order valence-corrected chi connectivity index (χ4v) is 2.35. The van der Waals surface area contributed by atoms with Crippen LogP contribution in [0.5, 0.6) is 0 Å². The van der Waals surface area contributed by atoms with Gasteiger partial charge in [0.1, 0.15) is 12.0 Å².